The molecule has 0 bridgehead atoms. The van der Waals surface area contributed by atoms with Crippen molar-refractivity contribution in [3.63, 3.8) is 0 Å². The summed E-state index contributed by atoms with van der Waals surface area (Å²) < 4.78 is 5.90. The summed E-state index contributed by atoms with van der Waals surface area (Å²) >= 11 is 0. The van der Waals surface area contributed by atoms with Crippen molar-refractivity contribution in [3.8, 4) is 11.3 Å². The molecule has 3 aromatic rings. The van der Waals surface area contributed by atoms with Crippen molar-refractivity contribution in [2.45, 2.75) is 6.42 Å². The predicted molar refractivity (Wildman–Crippen MR) is 84.8 cm³/mol. The van der Waals surface area contributed by atoms with Gasteiger partial charge >= 0.3 is 0 Å². The van der Waals surface area contributed by atoms with E-state index in [1.807, 2.05) is 48.5 Å². The third kappa shape index (κ3) is 2.11. The summed E-state index contributed by atoms with van der Waals surface area (Å²) in [4.78, 5) is 14.6. The van der Waals surface area contributed by atoms with Gasteiger partial charge in [0.05, 0.1) is 5.39 Å². The first-order valence-corrected chi connectivity index (χ1v) is 7.19. The summed E-state index contributed by atoms with van der Waals surface area (Å²) in [5.41, 5.74) is 2.68. The van der Waals surface area contributed by atoms with Crippen LogP contribution < -0.4 is 10.3 Å². The van der Waals surface area contributed by atoms with Crippen molar-refractivity contribution in [1.29, 1.82) is 0 Å². The minimum absolute atomic E-state index is 0.0116. The molecule has 0 N–H and O–H groups in total. The maximum absolute atomic E-state index is 12.4. The lowest BCUT2D eigenvalue weighted by molar-refractivity contribution is 0.612. The second kappa shape index (κ2) is 4.77. The minimum atomic E-state index is 0.0116. The average molecular weight is 277 g/mol. The summed E-state index contributed by atoms with van der Waals surface area (Å²) in [7, 11) is 0. The van der Waals surface area contributed by atoms with Crippen LogP contribution in [0, 0.1) is 0 Å². The van der Waals surface area contributed by atoms with Gasteiger partial charge in [-0.1, -0.05) is 30.3 Å². The molecule has 2 aromatic carbocycles. The van der Waals surface area contributed by atoms with Gasteiger partial charge in [-0.05, 0) is 24.6 Å². The highest BCUT2D eigenvalue weighted by atomic mass is 16.3. The number of benzene rings is 2. The Labute approximate surface area is 122 Å². The first-order valence-electron chi connectivity index (χ1n) is 7.19. The lowest BCUT2D eigenvalue weighted by Gasteiger charge is -2.33. The molecule has 21 heavy (non-hydrogen) atoms. The van der Waals surface area contributed by atoms with Crippen LogP contribution >= 0.6 is 0 Å². The molecule has 0 unspecified atom stereocenters. The van der Waals surface area contributed by atoms with E-state index in [0.717, 1.165) is 24.3 Å². The molecule has 4 rings (SSSR count). The zero-order chi connectivity index (χ0) is 14.2. The number of hydrogen-bond acceptors (Lipinski definition) is 3. The largest absolute Gasteiger partial charge is 0.456 e. The summed E-state index contributed by atoms with van der Waals surface area (Å²) in [5.74, 6) is 0.616. The molecule has 1 fully saturated rings. The fraction of sp³-hybridized carbons (Fsp3) is 0.167. The monoisotopic (exact) mass is 277 g/mol. The van der Waals surface area contributed by atoms with Crippen molar-refractivity contribution < 1.29 is 4.42 Å². The van der Waals surface area contributed by atoms with E-state index in [4.69, 9.17) is 4.42 Å². The van der Waals surface area contributed by atoms with Crippen molar-refractivity contribution in [3.05, 3.63) is 64.8 Å². The van der Waals surface area contributed by atoms with Gasteiger partial charge in [0, 0.05) is 30.4 Å². The molecule has 1 aliphatic rings. The van der Waals surface area contributed by atoms with Gasteiger partial charge in [-0.2, -0.15) is 0 Å². The van der Waals surface area contributed by atoms with Crippen molar-refractivity contribution in [2.75, 3.05) is 18.0 Å². The lowest BCUT2D eigenvalue weighted by Crippen LogP contribution is -2.36. The summed E-state index contributed by atoms with van der Waals surface area (Å²) in [5, 5.41) is 0.652. The normalized spacial score (nSPS) is 14.2. The predicted octanol–water partition coefficient (Wildman–Crippen LogP) is 3.67. The maximum Gasteiger partial charge on any atom is 0.193 e. The van der Waals surface area contributed by atoms with Crippen LogP contribution in [0.25, 0.3) is 22.3 Å². The number of anilines is 1. The smallest absolute Gasteiger partial charge is 0.193 e. The molecule has 3 heteroatoms. The van der Waals surface area contributed by atoms with Gasteiger partial charge in [-0.3, -0.25) is 4.79 Å². The second-order valence-electron chi connectivity index (χ2n) is 5.36. The van der Waals surface area contributed by atoms with Crippen molar-refractivity contribution in [1.82, 2.24) is 0 Å². The van der Waals surface area contributed by atoms with Gasteiger partial charge in [0.15, 0.2) is 5.43 Å². The quantitative estimate of drug-likeness (QED) is 0.716. The van der Waals surface area contributed by atoms with E-state index in [1.165, 1.54) is 6.42 Å². The zero-order valence-electron chi connectivity index (χ0n) is 11.6. The van der Waals surface area contributed by atoms with Crippen molar-refractivity contribution >= 4 is 16.7 Å². The summed E-state index contributed by atoms with van der Waals surface area (Å²) in [6, 6.07) is 17.2. The molecule has 0 aliphatic carbocycles. The molecular weight excluding hydrogens is 262 g/mol. The molecular formula is C18H15NO2. The van der Waals surface area contributed by atoms with Crippen LogP contribution in [0.4, 0.5) is 5.69 Å². The molecule has 1 saturated heterocycles. The first-order chi connectivity index (χ1) is 10.3. The number of fused-ring (bicyclic) bond motifs is 1. The molecule has 0 radical (unpaired) electrons. The fourth-order valence-corrected chi connectivity index (χ4v) is 2.66. The maximum atomic E-state index is 12.4. The molecule has 1 aliphatic heterocycles. The number of nitrogens with zero attached hydrogens (tertiary/aromatic N) is 1. The van der Waals surface area contributed by atoms with E-state index in [9.17, 15) is 4.79 Å². The van der Waals surface area contributed by atoms with E-state index in [-0.39, 0.29) is 5.43 Å². The third-order valence-corrected chi connectivity index (χ3v) is 3.99. The lowest BCUT2D eigenvalue weighted by atomic mass is 10.1. The van der Waals surface area contributed by atoms with Gasteiger partial charge in [0.2, 0.25) is 0 Å². The van der Waals surface area contributed by atoms with E-state index in [2.05, 4.69) is 4.90 Å². The molecule has 2 heterocycles. The van der Waals surface area contributed by atoms with Crippen molar-refractivity contribution in [2.24, 2.45) is 0 Å². The fourth-order valence-electron chi connectivity index (χ4n) is 2.66. The zero-order valence-corrected chi connectivity index (χ0v) is 11.6. The topological polar surface area (TPSA) is 33.5 Å². The SMILES string of the molecule is O=c1cc(-c2ccccc2)oc2ccc(N3CCC3)cc12. The van der Waals surface area contributed by atoms with Crippen LogP contribution in [0.1, 0.15) is 6.42 Å². The molecule has 0 saturated carbocycles. The first kappa shape index (κ1) is 12.2. The Morgan fingerprint density at radius 3 is 2.48 bits per heavy atom. The highest BCUT2D eigenvalue weighted by Crippen LogP contribution is 2.26. The Bertz CT molecular complexity index is 848. The number of rotatable bonds is 2. The summed E-state index contributed by atoms with van der Waals surface area (Å²) in [6.45, 7) is 2.14. The van der Waals surface area contributed by atoms with Crippen LogP contribution in [-0.2, 0) is 0 Å². The molecule has 0 spiro atoms. The Hall–Kier alpha value is -2.55. The Kier molecular flexibility index (Phi) is 2.78. The molecule has 3 nitrogen and oxygen atoms in total. The van der Waals surface area contributed by atoms with Crippen LogP contribution in [-0.4, -0.2) is 13.1 Å². The minimum Gasteiger partial charge on any atom is -0.456 e. The Morgan fingerprint density at radius 2 is 1.76 bits per heavy atom. The van der Waals surface area contributed by atoms with Gasteiger partial charge in [-0.25, -0.2) is 0 Å². The van der Waals surface area contributed by atoms with Gasteiger partial charge in [0.1, 0.15) is 11.3 Å². The molecule has 104 valence electrons. The van der Waals surface area contributed by atoms with Gasteiger partial charge < -0.3 is 9.32 Å². The third-order valence-electron chi connectivity index (χ3n) is 3.99. The summed E-state index contributed by atoms with van der Waals surface area (Å²) in [6.07, 6.45) is 1.22. The van der Waals surface area contributed by atoms with E-state index < -0.39 is 0 Å². The van der Waals surface area contributed by atoms with Gasteiger partial charge in [-0.15, -0.1) is 0 Å². The Morgan fingerprint density at radius 1 is 0.952 bits per heavy atom. The van der Waals surface area contributed by atoms with E-state index in [1.54, 1.807) is 6.07 Å². The highest BCUT2D eigenvalue weighted by Gasteiger charge is 2.16. The van der Waals surface area contributed by atoms with Crippen LogP contribution in [0.5, 0.6) is 0 Å². The van der Waals surface area contributed by atoms with Gasteiger partial charge in [0.25, 0.3) is 0 Å². The van der Waals surface area contributed by atoms with E-state index >= 15 is 0 Å². The second-order valence-corrected chi connectivity index (χ2v) is 5.36. The van der Waals surface area contributed by atoms with Crippen LogP contribution in [0.15, 0.2) is 63.8 Å². The van der Waals surface area contributed by atoms with Crippen LogP contribution in [0.3, 0.4) is 0 Å². The number of hydrogen-bond donors (Lipinski definition) is 0. The Balaban J connectivity index is 1.85. The standard InChI is InChI=1S/C18H15NO2/c20-16-12-18(13-5-2-1-3-6-13)21-17-8-7-14(11-15(16)17)19-9-4-10-19/h1-3,5-8,11-12H,4,9-10H2. The average Bonchev–Trinajstić information content (AvgIpc) is 2.47. The molecule has 0 amide bonds. The molecule has 0 atom stereocenters. The molecule has 1 aromatic heterocycles. The van der Waals surface area contributed by atoms with Crippen LogP contribution in [0.2, 0.25) is 0 Å². The van der Waals surface area contributed by atoms with E-state index in [0.29, 0.717) is 16.7 Å². The highest BCUT2D eigenvalue weighted by molar-refractivity contribution is 5.82.